The molecule has 0 saturated carbocycles. The molecule has 0 saturated heterocycles. The highest BCUT2D eigenvalue weighted by Gasteiger charge is 2.30. The summed E-state index contributed by atoms with van der Waals surface area (Å²) in [5.74, 6) is -0.256. The first kappa shape index (κ1) is 28.6. The monoisotopic (exact) mass is 540 g/mol. The minimum Gasteiger partial charge on any atom is -0.446 e. The number of nitrogens with one attached hydrogen (secondary N) is 2. The van der Waals surface area contributed by atoms with Crippen LogP contribution in [0.25, 0.3) is 0 Å². The van der Waals surface area contributed by atoms with Crippen molar-refractivity contribution in [3.63, 3.8) is 0 Å². The third-order valence-electron chi connectivity index (χ3n) is 5.33. The van der Waals surface area contributed by atoms with Crippen molar-refractivity contribution in [2.75, 3.05) is 17.2 Å². The average molecular weight is 541 g/mol. The lowest BCUT2D eigenvalue weighted by atomic mass is 9.88. The Balaban J connectivity index is 1.53. The third kappa shape index (κ3) is 9.16. The van der Waals surface area contributed by atoms with Crippen molar-refractivity contribution in [1.29, 1.82) is 0 Å². The van der Waals surface area contributed by atoms with E-state index in [4.69, 9.17) is 15.2 Å². The van der Waals surface area contributed by atoms with Crippen LogP contribution in [0, 0.1) is 0 Å². The number of hydrogen-bond donors (Lipinski definition) is 4. The first-order chi connectivity index (χ1) is 17.9. The number of primary amides is 1. The second-order valence-electron chi connectivity index (χ2n) is 9.70. The smallest absolute Gasteiger partial charge is 0.413 e. The lowest BCUT2D eigenvalue weighted by molar-refractivity contribution is -0.115. The first-order valence-electron chi connectivity index (χ1n) is 12.0. The number of rotatable bonds is 10. The Morgan fingerprint density at radius 1 is 1.03 bits per heavy atom. The number of ether oxygens (including phenoxy) is 2. The van der Waals surface area contributed by atoms with Crippen LogP contribution in [0.5, 0.6) is 0 Å². The van der Waals surface area contributed by atoms with Crippen LogP contribution in [0.4, 0.5) is 20.4 Å². The Morgan fingerprint density at radius 2 is 1.71 bits per heavy atom. The van der Waals surface area contributed by atoms with Crippen molar-refractivity contribution in [1.82, 2.24) is 4.98 Å². The zero-order valence-electron chi connectivity index (χ0n) is 21.5. The van der Waals surface area contributed by atoms with Crippen LogP contribution in [0.2, 0.25) is 0 Å². The molecule has 1 atom stereocenters. The highest BCUT2D eigenvalue weighted by atomic mass is 32.1. The fourth-order valence-corrected chi connectivity index (χ4v) is 4.25. The highest BCUT2D eigenvalue weighted by molar-refractivity contribution is 7.13. The zero-order valence-corrected chi connectivity index (χ0v) is 22.3. The molecule has 3 rings (SSSR count). The van der Waals surface area contributed by atoms with Gasteiger partial charge in [-0.05, 0) is 56.9 Å². The molecule has 0 bridgehead atoms. The van der Waals surface area contributed by atoms with Crippen LogP contribution in [0.3, 0.4) is 0 Å². The van der Waals surface area contributed by atoms with E-state index < -0.39 is 23.4 Å². The van der Waals surface area contributed by atoms with Crippen molar-refractivity contribution in [3.8, 4) is 0 Å². The van der Waals surface area contributed by atoms with Gasteiger partial charge in [0.1, 0.15) is 17.8 Å². The second kappa shape index (κ2) is 12.5. The van der Waals surface area contributed by atoms with Gasteiger partial charge < -0.3 is 25.6 Å². The molecule has 3 aromatic rings. The van der Waals surface area contributed by atoms with Crippen LogP contribution < -0.4 is 16.4 Å². The number of aliphatic hydroxyl groups is 1. The number of nitrogens with two attached hydrogens (primary N) is 1. The molecule has 1 heterocycles. The van der Waals surface area contributed by atoms with Gasteiger partial charge in [0.25, 0.3) is 0 Å². The number of carbonyl (C=O) groups is 3. The van der Waals surface area contributed by atoms with E-state index >= 15 is 0 Å². The number of benzene rings is 2. The largest absolute Gasteiger partial charge is 0.446 e. The summed E-state index contributed by atoms with van der Waals surface area (Å²) in [5.41, 5.74) is 5.76. The summed E-state index contributed by atoms with van der Waals surface area (Å²) in [7, 11) is 0. The zero-order chi connectivity index (χ0) is 27.8. The van der Waals surface area contributed by atoms with Gasteiger partial charge in [0.15, 0.2) is 5.13 Å². The molecule has 2 aromatic carbocycles. The Morgan fingerprint density at radius 3 is 2.34 bits per heavy atom. The number of amides is 3. The standard InChI is InChI=1S/C27H32N4O6S/c1-26(2,3)37-25(34)31-24-30-21(16-38-24)15-22(32)29-20-11-9-18(10-12-20)13-14-27(35,17-36-23(28)33)19-7-5-4-6-8-19/h4-12,16,35H,13-15,17H2,1-3H3,(H2,28,33)(H,29,32)(H,30,31,34)/t27-/m0/s1. The molecule has 5 N–H and O–H groups in total. The lowest BCUT2D eigenvalue weighted by Crippen LogP contribution is -2.34. The van der Waals surface area contributed by atoms with Crippen molar-refractivity contribution in [2.24, 2.45) is 5.73 Å². The normalized spacial score (nSPS) is 12.7. The third-order valence-corrected chi connectivity index (χ3v) is 6.14. The molecule has 0 fully saturated rings. The van der Waals surface area contributed by atoms with E-state index in [1.807, 2.05) is 18.2 Å². The molecule has 0 spiro atoms. The molecule has 11 heteroatoms. The number of carbonyl (C=O) groups excluding carboxylic acids is 3. The SMILES string of the molecule is CC(C)(C)OC(=O)Nc1nc(CC(=O)Nc2ccc(CC[C@](O)(COC(N)=O)c3ccccc3)cc2)cs1. The van der Waals surface area contributed by atoms with Gasteiger partial charge in [0, 0.05) is 11.1 Å². The maximum atomic E-state index is 12.5. The minimum absolute atomic E-state index is 0.0399. The summed E-state index contributed by atoms with van der Waals surface area (Å²) in [4.78, 5) is 39.7. The van der Waals surface area contributed by atoms with E-state index in [1.165, 1.54) is 11.3 Å². The second-order valence-corrected chi connectivity index (χ2v) is 10.6. The summed E-state index contributed by atoms with van der Waals surface area (Å²) in [6, 6.07) is 16.2. The topological polar surface area (TPSA) is 153 Å². The van der Waals surface area contributed by atoms with E-state index in [9.17, 15) is 19.5 Å². The van der Waals surface area contributed by atoms with Crippen molar-refractivity contribution in [3.05, 3.63) is 76.8 Å². The Bertz CT molecular complexity index is 1240. The molecule has 10 nitrogen and oxygen atoms in total. The van der Waals surface area contributed by atoms with Crippen molar-refractivity contribution >= 4 is 40.2 Å². The van der Waals surface area contributed by atoms with Crippen molar-refractivity contribution < 1.29 is 29.0 Å². The summed E-state index contributed by atoms with van der Waals surface area (Å²) in [6.07, 6.45) is -0.732. The molecule has 0 aliphatic rings. The summed E-state index contributed by atoms with van der Waals surface area (Å²) < 4.78 is 10.1. The van der Waals surface area contributed by atoms with Crippen LogP contribution in [-0.4, -0.2) is 40.4 Å². The van der Waals surface area contributed by atoms with Gasteiger partial charge in [0.05, 0.1) is 12.1 Å². The molecule has 1 aromatic heterocycles. The lowest BCUT2D eigenvalue weighted by Gasteiger charge is -2.28. The number of thiazole rings is 1. The fourth-order valence-electron chi connectivity index (χ4n) is 3.55. The van der Waals surface area contributed by atoms with Crippen LogP contribution in [0.1, 0.15) is 44.0 Å². The molecule has 0 aliphatic carbocycles. The molecule has 0 radical (unpaired) electrons. The Hall–Kier alpha value is -3.96. The van der Waals surface area contributed by atoms with E-state index in [1.54, 1.807) is 62.5 Å². The highest BCUT2D eigenvalue weighted by Crippen LogP contribution is 2.28. The van der Waals surface area contributed by atoms with Crippen LogP contribution in [-0.2, 0) is 32.7 Å². The predicted molar refractivity (Wildman–Crippen MR) is 145 cm³/mol. The van der Waals surface area contributed by atoms with Gasteiger partial charge in [-0.2, -0.15) is 0 Å². The van der Waals surface area contributed by atoms with E-state index in [0.717, 1.165) is 5.56 Å². The molecule has 0 aliphatic heterocycles. The number of aryl methyl sites for hydroxylation is 1. The molecule has 0 unspecified atom stereocenters. The fraction of sp³-hybridized carbons (Fsp3) is 0.333. The number of anilines is 2. The maximum absolute atomic E-state index is 12.5. The van der Waals surface area contributed by atoms with Gasteiger partial charge in [-0.1, -0.05) is 42.5 Å². The Labute approximate surface area is 225 Å². The van der Waals surface area contributed by atoms with Gasteiger partial charge in [0.2, 0.25) is 5.91 Å². The molecule has 3 amide bonds. The van der Waals surface area contributed by atoms with E-state index in [0.29, 0.717) is 34.9 Å². The molecule has 38 heavy (non-hydrogen) atoms. The predicted octanol–water partition coefficient (Wildman–Crippen LogP) is 4.59. The summed E-state index contributed by atoms with van der Waals surface area (Å²) >= 11 is 1.21. The average Bonchev–Trinajstić information content (AvgIpc) is 3.27. The number of nitrogens with zero attached hydrogens (tertiary/aromatic N) is 1. The van der Waals surface area contributed by atoms with Crippen LogP contribution >= 0.6 is 11.3 Å². The Kier molecular flexibility index (Phi) is 9.43. The summed E-state index contributed by atoms with van der Waals surface area (Å²) in [6.45, 7) is 5.04. The summed E-state index contributed by atoms with van der Waals surface area (Å²) in [5, 5.41) is 18.6. The van der Waals surface area contributed by atoms with Gasteiger partial charge in [-0.15, -0.1) is 11.3 Å². The number of hydrogen-bond acceptors (Lipinski definition) is 8. The molecular weight excluding hydrogens is 508 g/mol. The van der Waals surface area contributed by atoms with Gasteiger partial charge in [-0.25, -0.2) is 14.6 Å². The van der Waals surface area contributed by atoms with Gasteiger partial charge >= 0.3 is 12.2 Å². The maximum Gasteiger partial charge on any atom is 0.413 e. The van der Waals surface area contributed by atoms with E-state index in [2.05, 4.69) is 15.6 Å². The van der Waals surface area contributed by atoms with E-state index in [-0.39, 0.29) is 18.9 Å². The van der Waals surface area contributed by atoms with Crippen LogP contribution in [0.15, 0.2) is 60.0 Å². The van der Waals surface area contributed by atoms with Crippen molar-refractivity contribution in [2.45, 2.75) is 51.2 Å². The van der Waals surface area contributed by atoms with Gasteiger partial charge in [-0.3, -0.25) is 10.1 Å². The first-order valence-corrected chi connectivity index (χ1v) is 12.8. The minimum atomic E-state index is -1.39. The molecular formula is C27H32N4O6S. The molecule has 202 valence electrons. The number of aromatic nitrogens is 1. The quantitative estimate of drug-likeness (QED) is 0.293.